The van der Waals surface area contributed by atoms with Crippen molar-refractivity contribution in [2.75, 3.05) is 13.2 Å². The summed E-state index contributed by atoms with van der Waals surface area (Å²) in [4.78, 5) is 12.3. The lowest BCUT2D eigenvalue weighted by atomic mass is 9.79. The SMILES string of the molecule is CCC(CC)(CCO)CNC(=O)Cc1ccc2ccccc2c1. The molecule has 0 atom stereocenters. The fraction of sp³-hybridized carbons (Fsp3) is 0.450. The number of carbonyl (C=O) groups is 1. The van der Waals surface area contributed by atoms with Crippen molar-refractivity contribution in [3.05, 3.63) is 48.0 Å². The standard InChI is InChI=1S/C20H27NO2/c1-3-20(4-2,11-12-22)15-21-19(23)14-16-9-10-17-7-5-6-8-18(17)13-16/h5-10,13,22H,3-4,11-12,14-15H2,1-2H3,(H,21,23). The fourth-order valence-corrected chi connectivity index (χ4v) is 3.06. The van der Waals surface area contributed by atoms with Crippen LogP contribution in [0.25, 0.3) is 10.8 Å². The highest BCUT2D eigenvalue weighted by Crippen LogP contribution is 2.29. The Labute approximate surface area is 138 Å². The van der Waals surface area contributed by atoms with Crippen molar-refractivity contribution < 1.29 is 9.90 Å². The van der Waals surface area contributed by atoms with E-state index in [-0.39, 0.29) is 17.9 Å². The van der Waals surface area contributed by atoms with Crippen LogP contribution in [0.5, 0.6) is 0 Å². The van der Waals surface area contributed by atoms with Gasteiger partial charge in [0.15, 0.2) is 0 Å². The van der Waals surface area contributed by atoms with E-state index in [0.29, 0.717) is 13.0 Å². The third-order valence-corrected chi connectivity index (χ3v) is 4.98. The van der Waals surface area contributed by atoms with Crippen molar-refractivity contribution in [3.63, 3.8) is 0 Å². The molecule has 0 spiro atoms. The molecular formula is C20H27NO2. The van der Waals surface area contributed by atoms with Crippen LogP contribution in [0.15, 0.2) is 42.5 Å². The molecule has 0 saturated carbocycles. The minimum atomic E-state index is 0.00773. The van der Waals surface area contributed by atoms with Gasteiger partial charge in [0.2, 0.25) is 5.91 Å². The molecule has 0 aliphatic rings. The Morgan fingerprint density at radius 1 is 1.09 bits per heavy atom. The molecule has 23 heavy (non-hydrogen) atoms. The highest BCUT2D eigenvalue weighted by molar-refractivity contribution is 5.85. The lowest BCUT2D eigenvalue weighted by Crippen LogP contribution is -2.38. The van der Waals surface area contributed by atoms with Gasteiger partial charge in [-0.05, 0) is 41.0 Å². The Kier molecular flexibility index (Phi) is 6.17. The Morgan fingerprint density at radius 3 is 2.43 bits per heavy atom. The van der Waals surface area contributed by atoms with E-state index in [1.54, 1.807) is 0 Å². The number of nitrogens with one attached hydrogen (secondary N) is 1. The van der Waals surface area contributed by atoms with E-state index in [2.05, 4.69) is 43.4 Å². The summed E-state index contributed by atoms with van der Waals surface area (Å²) >= 11 is 0. The van der Waals surface area contributed by atoms with E-state index in [0.717, 1.165) is 30.2 Å². The van der Waals surface area contributed by atoms with Gasteiger partial charge < -0.3 is 10.4 Å². The van der Waals surface area contributed by atoms with Crippen LogP contribution in [0.3, 0.4) is 0 Å². The van der Waals surface area contributed by atoms with E-state index in [9.17, 15) is 9.90 Å². The number of hydrogen-bond donors (Lipinski definition) is 2. The number of aliphatic hydroxyl groups excluding tert-OH is 1. The molecule has 0 bridgehead atoms. The fourth-order valence-electron chi connectivity index (χ4n) is 3.06. The van der Waals surface area contributed by atoms with Crippen LogP contribution < -0.4 is 5.32 Å². The molecule has 0 radical (unpaired) electrons. The maximum absolute atomic E-state index is 12.3. The zero-order chi connectivity index (χ0) is 16.7. The van der Waals surface area contributed by atoms with E-state index >= 15 is 0 Å². The average Bonchev–Trinajstić information content (AvgIpc) is 2.58. The number of benzene rings is 2. The number of amides is 1. The second-order valence-corrected chi connectivity index (χ2v) is 6.32. The van der Waals surface area contributed by atoms with Gasteiger partial charge in [0.25, 0.3) is 0 Å². The molecule has 0 unspecified atom stereocenters. The molecule has 2 rings (SSSR count). The highest BCUT2D eigenvalue weighted by Gasteiger charge is 2.26. The predicted molar refractivity (Wildman–Crippen MR) is 95.4 cm³/mol. The molecule has 1 amide bonds. The highest BCUT2D eigenvalue weighted by atomic mass is 16.3. The molecule has 3 heteroatoms. The molecule has 0 aliphatic heterocycles. The zero-order valence-corrected chi connectivity index (χ0v) is 14.1. The van der Waals surface area contributed by atoms with E-state index in [4.69, 9.17) is 0 Å². The summed E-state index contributed by atoms with van der Waals surface area (Å²) < 4.78 is 0. The van der Waals surface area contributed by atoms with Gasteiger partial charge >= 0.3 is 0 Å². The quantitative estimate of drug-likeness (QED) is 0.781. The summed E-state index contributed by atoms with van der Waals surface area (Å²) in [5.41, 5.74) is 1.04. The Hall–Kier alpha value is -1.87. The molecule has 3 nitrogen and oxygen atoms in total. The zero-order valence-electron chi connectivity index (χ0n) is 14.1. The van der Waals surface area contributed by atoms with E-state index in [1.807, 2.05) is 18.2 Å². The summed E-state index contributed by atoms with van der Waals surface area (Å²) in [5.74, 6) is 0.0458. The van der Waals surface area contributed by atoms with Crippen molar-refractivity contribution in [1.29, 1.82) is 0 Å². The van der Waals surface area contributed by atoms with Gasteiger partial charge in [-0.15, -0.1) is 0 Å². The van der Waals surface area contributed by atoms with Crippen molar-refractivity contribution in [2.24, 2.45) is 5.41 Å². The van der Waals surface area contributed by atoms with Crippen LogP contribution >= 0.6 is 0 Å². The summed E-state index contributed by atoms with van der Waals surface area (Å²) in [5, 5.41) is 14.7. The molecule has 0 heterocycles. The topological polar surface area (TPSA) is 49.3 Å². The van der Waals surface area contributed by atoms with Crippen LogP contribution in [-0.4, -0.2) is 24.2 Å². The van der Waals surface area contributed by atoms with Crippen molar-refractivity contribution in [1.82, 2.24) is 5.32 Å². The molecule has 2 N–H and O–H groups in total. The number of aliphatic hydroxyl groups is 1. The first-order valence-electron chi connectivity index (χ1n) is 8.47. The molecule has 0 aliphatic carbocycles. The summed E-state index contributed by atoms with van der Waals surface area (Å²) in [6.45, 7) is 5.04. The smallest absolute Gasteiger partial charge is 0.224 e. The van der Waals surface area contributed by atoms with E-state index in [1.165, 1.54) is 5.39 Å². The van der Waals surface area contributed by atoms with Gasteiger partial charge in [0.1, 0.15) is 0 Å². The van der Waals surface area contributed by atoms with Crippen LogP contribution in [0.4, 0.5) is 0 Å². The Balaban J connectivity index is 1.97. The normalized spacial score (nSPS) is 11.6. The second-order valence-electron chi connectivity index (χ2n) is 6.32. The van der Waals surface area contributed by atoms with E-state index < -0.39 is 0 Å². The van der Waals surface area contributed by atoms with Gasteiger partial charge in [-0.2, -0.15) is 0 Å². The van der Waals surface area contributed by atoms with Crippen molar-refractivity contribution in [3.8, 4) is 0 Å². The molecule has 0 aromatic heterocycles. The third kappa shape index (κ3) is 4.55. The first kappa shape index (κ1) is 17.5. The monoisotopic (exact) mass is 313 g/mol. The summed E-state index contributed by atoms with van der Waals surface area (Å²) in [6.07, 6.45) is 3.05. The van der Waals surface area contributed by atoms with Crippen molar-refractivity contribution in [2.45, 2.75) is 39.5 Å². The van der Waals surface area contributed by atoms with Gasteiger partial charge in [-0.25, -0.2) is 0 Å². The third-order valence-electron chi connectivity index (χ3n) is 4.98. The lowest BCUT2D eigenvalue weighted by Gasteiger charge is -2.31. The van der Waals surface area contributed by atoms with Crippen molar-refractivity contribution >= 4 is 16.7 Å². The van der Waals surface area contributed by atoms with Gasteiger partial charge in [0.05, 0.1) is 6.42 Å². The molecule has 0 fully saturated rings. The van der Waals surface area contributed by atoms with Crippen LogP contribution in [0.1, 0.15) is 38.7 Å². The average molecular weight is 313 g/mol. The van der Waals surface area contributed by atoms with Gasteiger partial charge in [-0.1, -0.05) is 56.3 Å². The largest absolute Gasteiger partial charge is 0.396 e. The second kappa shape index (κ2) is 8.11. The predicted octanol–water partition coefficient (Wildman–Crippen LogP) is 3.69. The molecule has 2 aromatic rings. The minimum Gasteiger partial charge on any atom is -0.396 e. The van der Waals surface area contributed by atoms with Gasteiger partial charge in [0, 0.05) is 13.2 Å². The lowest BCUT2D eigenvalue weighted by molar-refractivity contribution is -0.121. The molecule has 2 aromatic carbocycles. The first-order valence-corrected chi connectivity index (χ1v) is 8.47. The maximum atomic E-state index is 12.3. The number of hydrogen-bond acceptors (Lipinski definition) is 2. The number of carbonyl (C=O) groups excluding carboxylic acids is 1. The molecule has 124 valence electrons. The molecule has 0 saturated heterocycles. The first-order chi connectivity index (χ1) is 11.1. The van der Waals surface area contributed by atoms with Crippen LogP contribution in [0, 0.1) is 5.41 Å². The van der Waals surface area contributed by atoms with Gasteiger partial charge in [-0.3, -0.25) is 4.79 Å². The summed E-state index contributed by atoms with van der Waals surface area (Å²) in [6, 6.07) is 14.3. The Morgan fingerprint density at radius 2 is 1.78 bits per heavy atom. The maximum Gasteiger partial charge on any atom is 0.224 e. The molecular weight excluding hydrogens is 286 g/mol. The number of fused-ring (bicyclic) bond motifs is 1. The van der Waals surface area contributed by atoms with Crippen LogP contribution in [-0.2, 0) is 11.2 Å². The number of rotatable bonds is 8. The van der Waals surface area contributed by atoms with Crippen LogP contribution in [0.2, 0.25) is 0 Å². The Bertz CT molecular complexity index is 647. The minimum absolute atomic E-state index is 0.00773. The summed E-state index contributed by atoms with van der Waals surface area (Å²) in [7, 11) is 0.